The van der Waals surface area contributed by atoms with Crippen molar-refractivity contribution in [2.75, 3.05) is 6.54 Å². The Kier molecular flexibility index (Phi) is 4.53. The van der Waals surface area contributed by atoms with Crippen molar-refractivity contribution in [3.8, 4) is 0 Å². The summed E-state index contributed by atoms with van der Waals surface area (Å²) in [6.07, 6.45) is 3.12. The van der Waals surface area contributed by atoms with Gasteiger partial charge in [-0.05, 0) is 32.1 Å². The second-order valence-electron chi connectivity index (χ2n) is 4.01. The number of rotatable bonds is 4. The summed E-state index contributed by atoms with van der Waals surface area (Å²) in [5.41, 5.74) is -0.893. The van der Waals surface area contributed by atoms with Gasteiger partial charge in [0.05, 0.1) is 9.94 Å². The summed E-state index contributed by atoms with van der Waals surface area (Å²) in [7, 11) is 0. The van der Waals surface area contributed by atoms with Crippen LogP contribution < -0.4 is 5.32 Å². The molecule has 0 aliphatic rings. The van der Waals surface area contributed by atoms with Crippen molar-refractivity contribution in [1.82, 2.24) is 5.32 Å². The summed E-state index contributed by atoms with van der Waals surface area (Å²) in [6.45, 7) is 3.49. The first kappa shape index (κ1) is 13.2. The summed E-state index contributed by atoms with van der Waals surface area (Å²) >= 11 is 7.15. The Labute approximate surface area is 104 Å². The molecule has 16 heavy (non-hydrogen) atoms. The van der Waals surface area contributed by atoms with Crippen molar-refractivity contribution in [2.45, 2.75) is 19.4 Å². The molecule has 88 valence electrons. The van der Waals surface area contributed by atoms with Crippen LogP contribution in [0, 0.1) is 0 Å². The fraction of sp³-hybridized carbons (Fsp3) is 0.364. The molecule has 0 saturated heterocycles. The van der Waals surface area contributed by atoms with Crippen molar-refractivity contribution in [3.05, 3.63) is 27.4 Å². The van der Waals surface area contributed by atoms with Crippen LogP contribution in [-0.4, -0.2) is 23.2 Å². The molecule has 1 aromatic heterocycles. The molecule has 0 unspecified atom stereocenters. The number of carbonyl (C=O) groups is 1. The van der Waals surface area contributed by atoms with Crippen molar-refractivity contribution in [1.29, 1.82) is 0 Å². The molecule has 0 saturated carbocycles. The topological polar surface area (TPSA) is 49.3 Å². The minimum Gasteiger partial charge on any atom is -0.389 e. The second kappa shape index (κ2) is 5.48. The van der Waals surface area contributed by atoms with Gasteiger partial charge in [-0.15, -0.1) is 11.3 Å². The Morgan fingerprint density at radius 2 is 2.31 bits per heavy atom. The SMILES string of the molecule is CC(C)(O)CNC(=O)/C=C\c1ccc(Cl)s1. The maximum atomic E-state index is 11.3. The van der Waals surface area contributed by atoms with E-state index in [1.54, 1.807) is 26.0 Å². The monoisotopic (exact) mass is 259 g/mol. The Morgan fingerprint density at radius 1 is 1.62 bits per heavy atom. The van der Waals surface area contributed by atoms with Gasteiger partial charge in [0.25, 0.3) is 0 Å². The highest BCUT2D eigenvalue weighted by Gasteiger charge is 2.12. The van der Waals surface area contributed by atoms with Crippen LogP contribution in [0.5, 0.6) is 0 Å². The van der Waals surface area contributed by atoms with Gasteiger partial charge in [-0.1, -0.05) is 11.6 Å². The van der Waals surface area contributed by atoms with Gasteiger partial charge in [0.15, 0.2) is 0 Å². The molecule has 1 rings (SSSR count). The second-order valence-corrected chi connectivity index (χ2v) is 5.75. The van der Waals surface area contributed by atoms with Crippen LogP contribution in [0.25, 0.3) is 6.08 Å². The van der Waals surface area contributed by atoms with E-state index in [2.05, 4.69) is 5.32 Å². The number of aliphatic hydroxyl groups is 1. The summed E-state index contributed by atoms with van der Waals surface area (Å²) in [5.74, 6) is -0.230. The smallest absolute Gasteiger partial charge is 0.244 e. The van der Waals surface area contributed by atoms with Crippen molar-refractivity contribution < 1.29 is 9.90 Å². The number of amides is 1. The van der Waals surface area contributed by atoms with Crippen LogP contribution in [0.15, 0.2) is 18.2 Å². The Hall–Kier alpha value is -0.840. The lowest BCUT2D eigenvalue weighted by molar-refractivity contribution is -0.117. The van der Waals surface area contributed by atoms with E-state index < -0.39 is 5.60 Å². The Morgan fingerprint density at radius 3 is 2.81 bits per heavy atom. The van der Waals surface area contributed by atoms with E-state index >= 15 is 0 Å². The Balaban J connectivity index is 2.43. The minimum atomic E-state index is -0.893. The van der Waals surface area contributed by atoms with Gasteiger partial charge < -0.3 is 10.4 Å². The number of hydrogen-bond acceptors (Lipinski definition) is 3. The van der Waals surface area contributed by atoms with Crippen LogP contribution in [0.3, 0.4) is 0 Å². The zero-order chi connectivity index (χ0) is 12.2. The summed E-state index contributed by atoms with van der Waals surface area (Å²) in [6, 6.07) is 3.62. The van der Waals surface area contributed by atoms with E-state index in [9.17, 15) is 9.90 Å². The lowest BCUT2D eigenvalue weighted by Gasteiger charge is -2.16. The molecule has 1 heterocycles. The van der Waals surface area contributed by atoms with Gasteiger partial charge in [-0.25, -0.2) is 0 Å². The third kappa shape index (κ3) is 5.30. The molecule has 0 bridgehead atoms. The van der Waals surface area contributed by atoms with E-state index in [1.165, 1.54) is 17.4 Å². The zero-order valence-electron chi connectivity index (χ0n) is 9.16. The Bertz CT molecular complexity index is 393. The number of carbonyl (C=O) groups excluding carboxylic acids is 1. The molecule has 5 heteroatoms. The highest BCUT2D eigenvalue weighted by molar-refractivity contribution is 7.17. The predicted octanol–water partition coefficient (Wildman–Crippen LogP) is 2.30. The fourth-order valence-electron chi connectivity index (χ4n) is 0.938. The number of nitrogens with one attached hydrogen (secondary N) is 1. The lowest BCUT2D eigenvalue weighted by Crippen LogP contribution is -2.37. The maximum Gasteiger partial charge on any atom is 0.244 e. The molecule has 0 spiro atoms. The first-order chi connectivity index (χ1) is 7.37. The largest absolute Gasteiger partial charge is 0.389 e. The molecule has 1 amide bonds. The van der Waals surface area contributed by atoms with Gasteiger partial charge in [0.1, 0.15) is 0 Å². The van der Waals surface area contributed by atoms with E-state index in [1.807, 2.05) is 6.07 Å². The highest BCUT2D eigenvalue weighted by Crippen LogP contribution is 2.22. The van der Waals surface area contributed by atoms with Gasteiger partial charge >= 0.3 is 0 Å². The third-order valence-electron chi connectivity index (χ3n) is 1.69. The zero-order valence-corrected chi connectivity index (χ0v) is 10.7. The summed E-state index contributed by atoms with van der Waals surface area (Å²) in [4.78, 5) is 12.3. The van der Waals surface area contributed by atoms with E-state index in [4.69, 9.17) is 11.6 Å². The normalized spacial score (nSPS) is 12.0. The number of halogens is 1. The lowest BCUT2D eigenvalue weighted by atomic mass is 10.1. The standard InChI is InChI=1S/C11H14ClNO2S/c1-11(2,15)7-13-10(14)6-4-8-3-5-9(12)16-8/h3-6,15H,7H2,1-2H3,(H,13,14)/b6-4-. The molecule has 3 nitrogen and oxygen atoms in total. The van der Waals surface area contributed by atoms with Crippen LogP contribution in [0.1, 0.15) is 18.7 Å². The highest BCUT2D eigenvalue weighted by atomic mass is 35.5. The molecular formula is C11H14ClNO2S. The van der Waals surface area contributed by atoms with Crippen molar-refractivity contribution in [3.63, 3.8) is 0 Å². The van der Waals surface area contributed by atoms with Crippen molar-refractivity contribution >= 4 is 34.9 Å². The van der Waals surface area contributed by atoms with E-state index in [0.717, 1.165) is 4.88 Å². The molecule has 0 aromatic carbocycles. The molecule has 1 aromatic rings. The fourth-order valence-corrected chi connectivity index (χ4v) is 1.90. The van der Waals surface area contributed by atoms with Crippen molar-refractivity contribution in [2.24, 2.45) is 0 Å². The number of thiophene rings is 1. The minimum absolute atomic E-state index is 0.224. The van der Waals surface area contributed by atoms with Gasteiger partial charge in [-0.3, -0.25) is 4.79 Å². The van der Waals surface area contributed by atoms with Gasteiger partial charge in [-0.2, -0.15) is 0 Å². The maximum absolute atomic E-state index is 11.3. The predicted molar refractivity (Wildman–Crippen MR) is 67.7 cm³/mol. The molecule has 0 aliphatic heterocycles. The number of hydrogen-bond donors (Lipinski definition) is 2. The van der Waals surface area contributed by atoms with Gasteiger partial charge in [0, 0.05) is 17.5 Å². The molecule has 0 fully saturated rings. The average Bonchev–Trinajstić information content (AvgIpc) is 2.57. The average molecular weight is 260 g/mol. The third-order valence-corrected chi connectivity index (χ3v) is 2.88. The quantitative estimate of drug-likeness (QED) is 0.816. The molecule has 2 N–H and O–H groups in total. The first-order valence-electron chi connectivity index (χ1n) is 4.80. The summed E-state index contributed by atoms with van der Waals surface area (Å²) < 4.78 is 0.691. The van der Waals surface area contributed by atoms with Crippen LogP contribution in [0.4, 0.5) is 0 Å². The summed E-state index contributed by atoms with van der Waals surface area (Å²) in [5, 5.41) is 12.0. The van der Waals surface area contributed by atoms with Crippen LogP contribution >= 0.6 is 22.9 Å². The van der Waals surface area contributed by atoms with Crippen LogP contribution in [-0.2, 0) is 4.79 Å². The first-order valence-corrected chi connectivity index (χ1v) is 6.00. The molecular weight excluding hydrogens is 246 g/mol. The van der Waals surface area contributed by atoms with Gasteiger partial charge in [0.2, 0.25) is 5.91 Å². The van der Waals surface area contributed by atoms with E-state index in [-0.39, 0.29) is 12.5 Å². The molecule has 0 atom stereocenters. The van der Waals surface area contributed by atoms with Crippen LogP contribution in [0.2, 0.25) is 4.34 Å². The molecule has 0 aliphatic carbocycles. The van der Waals surface area contributed by atoms with E-state index in [0.29, 0.717) is 4.34 Å². The molecule has 0 radical (unpaired) electrons.